The number of aromatic amines is 1. The lowest BCUT2D eigenvalue weighted by atomic mass is 10.1. The summed E-state index contributed by atoms with van der Waals surface area (Å²) in [5.41, 5.74) is -0.492. The molecule has 2 N–H and O–H groups in total. The molecule has 2 aromatic carbocycles. The number of nitrogens with one attached hydrogen (secondary N) is 2. The summed E-state index contributed by atoms with van der Waals surface area (Å²) in [4.78, 5) is 27.9. The summed E-state index contributed by atoms with van der Waals surface area (Å²) >= 11 is 5.87. The van der Waals surface area contributed by atoms with Gasteiger partial charge in [0.1, 0.15) is 24.5 Å². The Morgan fingerprint density at radius 3 is 2.39 bits per heavy atom. The maximum absolute atomic E-state index is 12.6. The molecule has 1 amide bonds. The van der Waals surface area contributed by atoms with Gasteiger partial charge in [-0.1, -0.05) is 11.6 Å². The molecule has 0 saturated carbocycles. The molecule has 164 valence electrons. The number of hydrogen-bond donors (Lipinski definition) is 2. The maximum atomic E-state index is 12.6. The summed E-state index contributed by atoms with van der Waals surface area (Å²) < 4.78 is 16.9. The number of rotatable bonds is 7. The number of carbonyl (C=O) groups excluding carboxylic acids is 1. The van der Waals surface area contributed by atoms with Crippen molar-refractivity contribution in [3.05, 3.63) is 63.4 Å². The van der Waals surface area contributed by atoms with Crippen molar-refractivity contribution in [3.63, 3.8) is 0 Å². The third-order valence-corrected chi connectivity index (χ3v) is 4.55. The van der Waals surface area contributed by atoms with Crippen LogP contribution >= 0.6 is 11.6 Å². The average molecular weight is 445 g/mol. The van der Waals surface area contributed by atoms with E-state index in [9.17, 15) is 9.59 Å². The highest BCUT2D eigenvalue weighted by molar-refractivity contribution is 6.30. The zero-order valence-electron chi connectivity index (χ0n) is 17.9. The van der Waals surface area contributed by atoms with Crippen LogP contribution in [0.5, 0.6) is 17.2 Å². The Kier molecular flexibility index (Phi) is 6.75. The predicted octanol–water partition coefficient (Wildman–Crippen LogP) is 4.18. The van der Waals surface area contributed by atoms with Gasteiger partial charge in [-0.15, -0.1) is 0 Å². The average Bonchev–Trinajstić information content (AvgIpc) is 2.70. The number of H-pyrrole nitrogens is 1. The van der Waals surface area contributed by atoms with Gasteiger partial charge in [0.2, 0.25) is 0 Å². The van der Waals surface area contributed by atoms with Gasteiger partial charge in [0.25, 0.3) is 11.5 Å². The largest absolute Gasteiger partial charge is 0.493 e. The Balaban J connectivity index is 1.82. The van der Waals surface area contributed by atoms with Gasteiger partial charge in [-0.2, -0.15) is 0 Å². The lowest BCUT2D eigenvalue weighted by molar-refractivity contribution is 0.0918. The molecular formula is C23H25ClN2O5. The molecule has 0 atom stereocenters. The second-order valence-electron chi connectivity index (χ2n) is 7.93. The first-order chi connectivity index (χ1) is 14.7. The molecule has 1 heterocycles. The smallest absolute Gasteiger partial charge is 0.261 e. The Hall–Kier alpha value is -3.19. The monoisotopic (exact) mass is 444 g/mol. The van der Waals surface area contributed by atoms with Crippen LogP contribution in [0.2, 0.25) is 5.02 Å². The zero-order chi connectivity index (χ0) is 22.6. The quantitative estimate of drug-likeness (QED) is 0.534. The molecular weight excluding hydrogens is 420 g/mol. The molecule has 0 bridgehead atoms. The van der Waals surface area contributed by atoms with E-state index < -0.39 is 17.0 Å². The molecule has 0 aliphatic carbocycles. The molecule has 0 unspecified atom stereocenters. The maximum Gasteiger partial charge on any atom is 0.261 e. The highest BCUT2D eigenvalue weighted by Crippen LogP contribution is 2.34. The van der Waals surface area contributed by atoms with E-state index in [-0.39, 0.29) is 18.8 Å². The normalized spacial score (nSPS) is 11.3. The summed E-state index contributed by atoms with van der Waals surface area (Å²) in [6.07, 6.45) is 0. The third kappa shape index (κ3) is 5.70. The first kappa shape index (κ1) is 22.5. The van der Waals surface area contributed by atoms with Gasteiger partial charge in [-0.05, 0) is 63.2 Å². The number of carbonyl (C=O) groups is 1. The van der Waals surface area contributed by atoms with Gasteiger partial charge in [0.05, 0.1) is 12.6 Å². The minimum Gasteiger partial charge on any atom is -0.493 e. The van der Waals surface area contributed by atoms with E-state index in [2.05, 4.69) is 10.3 Å². The van der Waals surface area contributed by atoms with Crippen LogP contribution in [0.15, 0.2) is 47.3 Å². The number of fused-ring (bicyclic) bond motifs is 1. The molecule has 3 aromatic rings. The Morgan fingerprint density at radius 1 is 1.06 bits per heavy atom. The summed E-state index contributed by atoms with van der Waals surface area (Å²) in [5, 5.41) is 4.07. The van der Waals surface area contributed by atoms with Gasteiger partial charge in [0.15, 0.2) is 11.5 Å². The van der Waals surface area contributed by atoms with E-state index in [1.165, 1.54) is 7.11 Å². The SMILES string of the molecule is COc1ccc2cc(C(=O)NC(C)(C)C)c(=O)[nH]c2c1OCCOc1ccc(Cl)cc1. The number of ether oxygens (including phenoxy) is 3. The lowest BCUT2D eigenvalue weighted by Gasteiger charge is -2.20. The zero-order valence-corrected chi connectivity index (χ0v) is 18.6. The van der Waals surface area contributed by atoms with Crippen molar-refractivity contribution < 1.29 is 19.0 Å². The van der Waals surface area contributed by atoms with Gasteiger partial charge in [0, 0.05) is 15.9 Å². The highest BCUT2D eigenvalue weighted by atomic mass is 35.5. The van der Waals surface area contributed by atoms with E-state index in [1.54, 1.807) is 42.5 Å². The van der Waals surface area contributed by atoms with Crippen molar-refractivity contribution in [3.8, 4) is 17.2 Å². The molecule has 0 radical (unpaired) electrons. The van der Waals surface area contributed by atoms with Crippen LogP contribution in [-0.4, -0.2) is 36.8 Å². The fourth-order valence-electron chi connectivity index (χ4n) is 2.94. The Morgan fingerprint density at radius 2 is 1.74 bits per heavy atom. The van der Waals surface area contributed by atoms with Crippen LogP contribution in [0.3, 0.4) is 0 Å². The fraction of sp³-hybridized carbons (Fsp3) is 0.304. The second-order valence-corrected chi connectivity index (χ2v) is 8.36. The van der Waals surface area contributed by atoms with Crippen molar-refractivity contribution in [2.75, 3.05) is 20.3 Å². The van der Waals surface area contributed by atoms with Crippen LogP contribution in [0.4, 0.5) is 0 Å². The molecule has 31 heavy (non-hydrogen) atoms. The van der Waals surface area contributed by atoms with Gasteiger partial charge in [-0.25, -0.2) is 0 Å². The Bertz CT molecular complexity index is 1130. The number of halogens is 1. The number of benzene rings is 2. The van der Waals surface area contributed by atoms with Crippen LogP contribution in [0, 0.1) is 0 Å². The van der Waals surface area contributed by atoms with Crippen molar-refractivity contribution in [2.24, 2.45) is 0 Å². The molecule has 0 fully saturated rings. The topological polar surface area (TPSA) is 89.7 Å². The molecule has 3 rings (SSSR count). The lowest BCUT2D eigenvalue weighted by Crippen LogP contribution is -2.42. The first-order valence-corrected chi connectivity index (χ1v) is 10.1. The highest BCUT2D eigenvalue weighted by Gasteiger charge is 2.20. The van der Waals surface area contributed by atoms with Crippen molar-refractivity contribution in [1.82, 2.24) is 10.3 Å². The minimum atomic E-state index is -0.509. The number of amides is 1. The van der Waals surface area contributed by atoms with Crippen LogP contribution in [0.1, 0.15) is 31.1 Å². The third-order valence-electron chi connectivity index (χ3n) is 4.30. The minimum absolute atomic E-state index is 0.0320. The Labute approximate surface area is 185 Å². The molecule has 8 heteroatoms. The molecule has 0 aliphatic heterocycles. The predicted molar refractivity (Wildman–Crippen MR) is 121 cm³/mol. The summed E-state index contributed by atoms with van der Waals surface area (Å²) in [5.74, 6) is 1.06. The van der Waals surface area contributed by atoms with Crippen molar-refractivity contribution in [1.29, 1.82) is 0 Å². The van der Waals surface area contributed by atoms with E-state index in [4.69, 9.17) is 25.8 Å². The van der Waals surface area contributed by atoms with Crippen LogP contribution in [-0.2, 0) is 0 Å². The van der Waals surface area contributed by atoms with Crippen LogP contribution in [0.25, 0.3) is 10.9 Å². The summed E-state index contributed by atoms with van der Waals surface area (Å²) in [6, 6.07) is 12.0. The van der Waals surface area contributed by atoms with E-state index in [1.807, 2.05) is 20.8 Å². The standard InChI is InChI=1S/C23H25ClN2O5/c1-23(2,3)26-22(28)17-13-14-5-10-18(29-4)20(19(14)25-21(17)27)31-12-11-30-16-8-6-15(24)7-9-16/h5-10,13H,11-12H2,1-4H3,(H,25,27)(H,26,28). The van der Waals surface area contributed by atoms with Gasteiger partial charge >= 0.3 is 0 Å². The van der Waals surface area contributed by atoms with E-state index >= 15 is 0 Å². The number of hydrogen-bond acceptors (Lipinski definition) is 5. The summed E-state index contributed by atoms with van der Waals surface area (Å²) in [6.45, 7) is 6.04. The van der Waals surface area contributed by atoms with Crippen molar-refractivity contribution >= 4 is 28.4 Å². The molecule has 1 aromatic heterocycles. The number of aromatic nitrogens is 1. The number of pyridine rings is 1. The molecule has 0 aliphatic rings. The molecule has 0 saturated heterocycles. The summed E-state index contributed by atoms with van der Waals surface area (Å²) in [7, 11) is 1.52. The van der Waals surface area contributed by atoms with Crippen molar-refractivity contribution in [2.45, 2.75) is 26.3 Å². The van der Waals surface area contributed by atoms with E-state index in [0.717, 1.165) is 0 Å². The number of methoxy groups -OCH3 is 1. The molecule has 7 nitrogen and oxygen atoms in total. The molecule has 0 spiro atoms. The fourth-order valence-corrected chi connectivity index (χ4v) is 3.07. The van der Waals surface area contributed by atoms with Gasteiger partial charge < -0.3 is 24.5 Å². The second kappa shape index (κ2) is 9.31. The van der Waals surface area contributed by atoms with Gasteiger partial charge in [-0.3, -0.25) is 9.59 Å². The first-order valence-electron chi connectivity index (χ1n) is 9.75. The van der Waals surface area contributed by atoms with Crippen LogP contribution < -0.4 is 25.1 Å². The van der Waals surface area contributed by atoms with E-state index in [0.29, 0.717) is 33.2 Å².